The number of benzene rings is 2. The van der Waals surface area contributed by atoms with Crippen LogP contribution in [0.1, 0.15) is 25.1 Å². The number of rotatable bonds is 5. The summed E-state index contributed by atoms with van der Waals surface area (Å²) in [4.78, 5) is 35.6. The molecule has 8 heteroatoms. The van der Waals surface area contributed by atoms with Crippen LogP contribution in [0.2, 0.25) is 5.02 Å². The van der Waals surface area contributed by atoms with Crippen LogP contribution in [0.15, 0.2) is 59.0 Å². The number of anilines is 2. The third-order valence-electron chi connectivity index (χ3n) is 4.77. The van der Waals surface area contributed by atoms with Crippen molar-refractivity contribution in [1.82, 2.24) is 14.5 Å². The Morgan fingerprint density at radius 3 is 2.67 bits per heavy atom. The van der Waals surface area contributed by atoms with Crippen molar-refractivity contribution in [2.24, 2.45) is 0 Å². The van der Waals surface area contributed by atoms with Crippen molar-refractivity contribution >= 4 is 50.6 Å². The van der Waals surface area contributed by atoms with Gasteiger partial charge in [-0.15, -0.1) is 11.3 Å². The van der Waals surface area contributed by atoms with Gasteiger partial charge in [-0.25, -0.2) is 9.97 Å². The fourth-order valence-corrected chi connectivity index (χ4v) is 4.25. The van der Waals surface area contributed by atoms with E-state index in [-0.39, 0.29) is 18.0 Å². The van der Waals surface area contributed by atoms with E-state index in [1.54, 1.807) is 23.1 Å². The Morgan fingerprint density at radius 1 is 1.20 bits per heavy atom. The van der Waals surface area contributed by atoms with Crippen LogP contribution in [0.4, 0.5) is 10.8 Å². The molecule has 0 spiro atoms. The third-order valence-corrected chi connectivity index (χ3v) is 5.88. The maximum absolute atomic E-state index is 12.8. The number of fused-ring (bicyclic) bond motifs is 1. The van der Waals surface area contributed by atoms with Gasteiger partial charge in [0.15, 0.2) is 5.13 Å². The average Bonchev–Trinajstić information content (AvgIpc) is 3.19. The quantitative estimate of drug-likeness (QED) is 0.448. The van der Waals surface area contributed by atoms with E-state index in [4.69, 9.17) is 11.6 Å². The summed E-state index contributed by atoms with van der Waals surface area (Å²) in [5.74, 6) is -0.126. The maximum atomic E-state index is 12.8. The van der Waals surface area contributed by atoms with Crippen LogP contribution in [0.3, 0.4) is 0 Å². The van der Waals surface area contributed by atoms with Gasteiger partial charge in [-0.2, -0.15) is 0 Å². The van der Waals surface area contributed by atoms with E-state index >= 15 is 0 Å². The molecule has 0 N–H and O–H groups in total. The summed E-state index contributed by atoms with van der Waals surface area (Å²) in [6, 6.07) is 12.9. The lowest BCUT2D eigenvalue weighted by molar-refractivity contribution is -0.115. The Kier molecular flexibility index (Phi) is 5.65. The molecule has 0 unspecified atom stereocenters. The van der Waals surface area contributed by atoms with Crippen LogP contribution in [0, 0.1) is 0 Å². The number of amides is 1. The third kappa shape index (κ3) is 3.99. The molecule has 30 heavy (non-hydrogen) atoms. The molecule has 0 saturated heterocycles. The van der Waals surface area contributed by atoms with Gasteiger partial charge in [0.05, 0.1) is 35.2 Å². The molecule has 4 aromatic rings. The van der Waals surface area contributed by atoms with E-state index in [0.717, 1.165) is 12.1 Å². The van der Waals surface area contributed by atoms with Crippen molar-refractivity contribution < 1.29 is 4.79 Å². The predicted molar refractivity (Wildman–Crippen MR) is 121 cm³/mol. The molecule has 0 atom stereocenters. The first kappa shape index (κ1) is 20.3. The van der Waals surface area contributed by atoms with Crippen LogP contribution in [0.25, 0.3) is 10.9 Å². The maximum Gasteiger partial charge on any atom is 0.261 e. The predicted octanol–water partition coefficient (Wildman–Crippen LogP) is 4.80. The molecule has 0 aliphatic rings. The Bertz CT molecular complexity index is 1280. The zero-order valence-electron chi connectivity index (χ0n) is 16.5. The first-order chi connectivity index (χ1) is 14.5. The number of carbonyl (C=O) groups excluding carboxylic acids is 1. The van der Waals surface area contributed by atoms with Gasteiger partial charge in [-0.05, 0) is 42.3 Å². The van der Waals surface area contributed by atoms with Crippen LogP contribution in [-0.4, -0.2) is 20.4 Å². The fraction of sp³-hybridized carbons (Fsp3) is 0.182. The molecule has 0 aliphatic carbocycles. The van der Waals surface area contributed by atoms with Crippen LogP contribution in [-0.2, 0) is 17.8 Å². The molecule has 1 amide bonds. The molecule has 0 bridgehead atoms. The van der Waals surface area contributed by atoms with Crippen molar-refractivity contribution in [3.05, 3.63) is 80.8 Å². The summed E-state index contributed by atoms with van der Waals surface area (Å²) < 4.78 is 1.49. The normalized spacial score (nSPS) is 11.0. The summed E-state index contributed by atoms with van der Waals surface area (Å²) >= 11 is 7.38. The summed E-state index contributed by atoms with van der Waals surface area (Å²) in [5, 5.41) is 3.36. The second kappa shape index (κ2) is 8.38. The molecule has 0 saturated carbocycles. The van der Waals surface area contributed by atoms with Gasteiger partial charge < -0.3 is 0 Å². The van der Waals surface area contributed by atoms with E-state index in [9.17, 15) is 9.59 Å². The standard InChI is InChI=1S/C22H19ClN4O2S/c1-3-15-4-7-18(8-5-15)27(14(2)28)22-25-17(12-30-22)11-26-13-24-20-9-6-16(23)10-19(20)21(26)29/h4-10,12-13H,3,11H2,1-2H3. The van der Waals surface area contributed by atoms with Gasteiger partial charge in [0, 0.05) is 17.3 Å². The summed E-state index contributed by atoms with van der Waals surface area (Å²) in [5.41, 5.74) is 3.05. The smallest absolute Gasteiger partial charge is 0.261 e. The fourth-order valence-electron chi connectivity index (χ4n) is 3.20. The van der Waals surface area contributed by atoms with Gasteiger partial charge in [0.1, 0.15) is 0 Å². The molecule has 4 rings (SSSR count). The molecular weight excluding hydrogens is 420 g/mol. The molecule has 152 valence electrons. The first-order valence-electron chi connectivity index (χ1n) is 9.45. The number of hydrogen-bond acceptors (Lipinski definition) is 5. The number of halogens is 1. The van der Waals surface area contributed by atoms with Gasteiger partial charge in [0.2, 0.25) is 5.91 Å². The molecule has 0 fully saturated rings. The number of nitrogens with zero attached hydrogens (tertiary/aromatic N) is 4. The lowest BCUT2D eigenvalue weighted by atomic mass is 10.1. The van der Waals surface area contributed by atoms with Crippen molar-refractivity contribution in [2.75, 3.05) is 4.90 Å². The number of hydrogen-bond donors (Lipinski definition) is 0. The van der Waals surface area contributed by atoms with Crippen LogP contribution in [0.5, 0.6) is 0 Å². The van der Waals surface area contributed by atoms with E-state index in [1.807, 2.05) is 29.6 Å². The van der Waals surface area contributed by atoms with Crippen molar-refractivity contribution in [2.45, 2.75) is 26.8 Å². The Labute approximate surface area is 182 Å². The molecule has 2 heterocycles. The number of carbonyl (C=O) groups is 1. The highest BCUT2D eigenvalue weighted by Gasteiger charge is 2.18. The van der Waals surface area contributed by atoms with E-state index in [0.29, 0.717) is 26.8 Å². The number of thiazole rings is 1. The minimum Gasteiger partial charge on any atom is -0.293 e. The zero-order valence-corrected chi connectivity index (χ0v) is 18.1. The highest BCUT2D eigenvalue weighted by Crippen LogP contribution is 2.29. The van der Waals surface area contributed by atoms with E-state index in [1.165, 1.54) is 34.7 Å². The average molecular weight is 439 g/mol. The summed E-state index contributed by atoms with van der Waals surface area (Å²) in [7, 11) is 0. The zero-order chi connectivity index (χ0) is 21.3. The Balaban J connectivity index is 1.64. The molecular formula is C22H19ClN4O2S. The minimum absolute atomic E-state index is 0.126. The molecule has 2 aromatic heterocycles. The molecule has 2 aromatic carbocycles. The van der Waals surface area contributed by atoms with Gasteiger partial charge >= 0.3 is 0 Å². The summed E-state index contributed by atoms with van der Waals surface area (Å²) in [6.45, 7) is 3.85. The lowest BCUT2D eigenvalue weighted by Crippen LogP contribution is -2.23. The van der Waals surface area contributed by atoms with Crippen LogP contribution < -0.4 is 10.5 Å². The topological polar surface area (TPSA) is 68.1 Å². The van der Waals surface area contributed by atoms with Gasteiger partial charge in [-0.3, -0.25) is 19.1 Å². The molecule has 0 radical (unpaired) electrons. The largest absolute Gasteiger partial charge is 0.293 e. The van der Waals surface area contributed by atoms with E-state index in [2.05, 4.69) is 16.9 Å². The van der Waals surface area contributed by atoms with Crippen LogP contribution >= 0.6 is 22.9 Å². The summed E-state index contributed by atoms with van der Waals surface area (Å²) in [6.07, 6.45) is 2.44. The highest BCUT2D eigenvalue weighted by atomic mass is 35.5. The van der Waals surface area contributed by atoms with E-state index < -0.39 is 0 Å². The second-order valence-corrected chi connectivity index (χ2v) is 8.11. The lowest BCUT2D eigenvalue weighted by Gasteiger charge is -2.18. The monoisotopic (exact) mass is 438 g/mol. The van der Waals surface area contributed by atoms with Crippen molar-refractivity contribution in [3.8, 4) is 0 Å². The number of aryl methyl sites for hydroxylation is 1. The van der Waals surface area contributed by atoms with Gasteiger partial charge in [-0.1, -0.05) is 30.7 Å². The molecule has 0 aliphatic heterocycles. The first-order valence-corrected chi connectivity index (χ1v) is 10.7. The minimum atomic E-state index is -0.185. The second-order valence-electron chi connectivity index (χ2n) is 6.83. The number of aromatic nitrogens is 3. The molecule has 6 nitrogen and oxygen atoms in total. The van der Waals surface area contributed by atoms with Crippen molar-refractivity contribution in [1.29, 1.82) is 0 Å². The highest BCUT2D eigenvalue weighted by molar-refractivity contribution is 7.14. The SMILES string of the molecule is CCc1ccc(N(C(C)=O)c2nc(Cn3cnc4ccc(Cl)cc4c3=O)cs2)cc1. The Morgan fingerprint density at radius 2 is 1.97 bits per heavy atom. The Hall–Kier alpha value is -3.03. The van der Waals surface area contributed by atoms with Gasteiger partial charge in [0.25, 0.3) is 5.56 Å². The van der Waals surface area contributed by atoms with Crippen molar-refractivity contribution in [3.63, 3.8) is 0 Å².